The Labute approximate surface area is 128 Å². The van der Waals surface area contributed by atoms with Crippen LogP contribution in [0.4, 0.5) is 5.69 Å². The van der Waals surface area contributed by atoms with Gasteiger partial charge in [-0.15, -0.1) is 0 Å². The SMILES string of the molecule is O=C(Nc1ccc([C@@H]2CCNC2)cc1)c1cc(Cl)ccn1. The van der Waals surface area contributed by atoms with Crippen molar-refractivity contribution < 1.29 is 4.79 Å². The molecule has 1 fully saturated rings. The fourth-order valence-electron chi connectivity index (χ4n) is 2.50. The number of amides is 1. The quantitative estimate of drug-likeness (QED) is 0.916. The summed E-state index contributed by atoms with van der Waals surface area (Å²) < 4.78 is 0. The molecule has 108 valence electrons. The van der Waals surface area contributed by atoms with Gasteiger partial charge in [-0.3, -0.25) is 9.78 Å². The zero-order valence-electron chi connectivity index (χ0n) is 11.5. The first kappa shape index (κ1) is 14.0. The first-order valence-electron chi connectivity index (χ1n) is 6.96. The number of benzene rings is 1. The van der Waals surface area contributed by atoms with Gasteiger partial charge in [-0.25, -0.2) is 0 Å². The van der Waals surface area contributed by atoms with Crippen LogP contribution in [0.2, 0.25) is 5.02 Å². The molecule has 0 spiro atoms. The minimum absolute atomic E-state index is 0.257. The standard InChI is InChI=1S/C16H16ClN3O/c17-13-6-8-19-15(9-13)16(21)20-14-3-1-11(2-4-14)12-5-7-18-10-12/h1-4,6,8-9,12,18H,5,7,10H2,(H,20,21)/t12-/m1/s1. The number of carbonyl (C=O) groups is 1. The molecule has 1 aliphatic heterocycles. The van der Waals surface area contributed by atoms with Crippen LogP contribution in [-0.4, -0.2) is 24.0 Å². The molecule has 1 aromatic heterocycles. The third-order valence-electron chi connectivity index (χ3n) is 3.65. The summed E-state index contributed by atoms with van der Waals surface area (Å²) in [5, 5.41) is 6.68. The molecular formula is C16H16ClN3O. The van der Waals surface area contributed by atoms with E-state index in [1.165, 1.54) is 11.8 Å². The number of hydrogen-bond donors (Lipinski definition) is 2. The van der Waals surface area contributed by atoms with Gasteiger partial charge in [0.1, 0.15) is 5.69 Å². The van der Waals surface area contributed by atoms with Crippen LogP contribution in [0.15, 0.2) is 42.6 Å². The molecule has 5 heteroatoms. The predicted molar refractivity (Wildman–Crippen MR) is 83.9 cm³/mol. The van der Waals surface area contributed by atoms with Crippen molar-refractivity contribution in [1.29, 1.82) is 0 Å². The van der Waals surface area contributed by atoms with Gasteiger partial charge in [0.25, 0.3) is 5.91 Å². The highest BCUT2D eigenvalue weighted by Gasteiger charge is 2.16. The number of nitrogens with one attached hydrogen (secondary N) is 2. The average molecular weight is 302 g/mol. The molecule has 1 atom stereocenters. The Kier molecular flexibility index (Phi) is 4.18. The smallest absolute Gasteiger partial charge is 0.274 e. The fraction of sp³-hybridized carbons (Fsp3) is 0.250. The Morgan fingerprint density at radius 3 is 2.76 bits per heavy atom. The van der Waals surface area contributed by atoms with Crippen LogP contribution < -0.4 is 10.6 Å². The number of anilines is 1. The molecule has 21 heavy (non-hydrogen) atoms. The van der Waals surface area contributed by atoms with Gasteiger partial charge in [0.15, 0.2) is 0 Å². The molecule has 2 aromatic rings. The van der Waals surface area contributed by atoms with Crippen LogP contribution in [0.3, 0.4) is 0 Å². The van der Waals surface area contributed by atoms with E-state index in [4.69, 9.17) is 11.6 Å². The largest absolute Gasteiger partial charge is 0.321 e. The molecule has 2 heterocycles. The number of pyridine rings is 1. The number of rotatable bonds is 3. The summed E-state index contributed by atoms with van der Waals surface area (Å²) in [6, 6.07) is 11.2. The first-order valence-corrected chi connectivity index (χ1v) is 7.34. The van der Waals surface area contributed by atoms with Crippen LogP contribution in [0.1, 0.15) is 28.4 Å². The maximum atomic E-state index is 12.1. The monoisotopic (exact) mass is 301 g/mol. The van der Waals surface area contributed by atoms with Crippen molar-refractivity contribution >= 4 is 23.2 Å². The molecule has 0 aliphatic carbocycles. The summed E-state index contributed by atoms with van der Waals surface area (Å²) >= 11 is 5.86. The summed E-state index contributed by atoms with van der Waals surface area (Å²) in [7, 11) is 0. The normalized spacial score (nSPS) is 17.7. The molecule has 1 aromatic carbocycles. The Bertz CT molecular complexity index is 636. The van der Waals surface area contributed by atoms with Crippen molar-refractivity contribution in [3.63, 3.8) is 0 Å². The van der Waals surface area contributed by atoms with E-state index >= 15 is 0 Å². The first-order chi connectivity index (χ1) is 10.2. The number of aromatic nitrogens is 1. The van der Waals surface area contributed by atoms with Crippen LogP contribution in [0, 0.1) is 0 Å². The lowest BCUT2D eigenvalue weighted by atomic mass is 9.98. The van der Waals surface area contributed by atoms with E-state index in [9.17, 15) is 4.79 Å². The van der Waals surface area contributed by atoms with Gasteiger partial charge in [0, 0.05) is 23.5 Å². The Balaban J connectivity index is 1.68. The Morgan fingerprint density at radius 1 is 1.29 bits per heavy atom. The highest BCUT2D eigenvalue weighted by molar-refractivity contribution is 6.30. The summed E-state index contributed by atoms with van der Waals surface area (Å²) in [4.78, 5) is 16.1. The fourth-order valence-corrected chi connectivity index (χ4v) is 2.66. The van der Waals surface area contributed by atoms with Crippen LogP contribution in [-0.2, 0) is 0 Å². The van der Waals surface area contributed by atoms with Crippen molar-refractivity contribution in [2.24, 2.45) is 0 Å². The Hall–Kier alpha value is -1.91. The number of halogens is 1. The molecule has 0 unspecified atom stereocenters. The molecule has 3 rings (SSSR count). The third-order valence-corrected chi connectivity index (χ3v) is 3.89. The molecule has 0 radical (unpaired) electrons. The highest BCUT2D eigenvalue weighted by Crippen LogP contribution is 2.23. The van der Waals surface area contributed by atoms with Crippen LogP contribution in [0.25, 0.3) is 0 Å². The summed E-state index contributed by atoms with van der Waals surface area (Å²) in [5.41, 5.74) is 2.38. The third kappa shape index (κ3) is 3.40. The Morgan fingerprint density at radius 2 is 2.10 bits per heavy atom. The van der Waals surface area contributed by atoms with Crippen LogP contribution in [0.5, 0.6) is 0 Å². The van der Waals surface area contributed by atoms with Crippen molar-refractivity contribution in [3.05, 3.63) is 58.9 Å². The summed E-state index contributed by atoms with van der Waals surface area (Å²) in [5.74, 6) is 0.317. The molecule has 2 N–H and O–H groups in total. The van der Waals surface area contributed by atoms with Crippen molar-refractivity contribution in [2.75, 3.05) is 18.4 Å². The van der Waals surface area contributed by atoms with Gasteiger partial charge in [0.05, 0.1) is 0 Å². The van der Waals surface area contributed by atoms with Gasteiger partial charge in [-0.2, -0.15) is 0 Å². The molecule has 1 saturated heterocycles. The maximum Gasteiger partial charge on any atom is 0.274 e. The molecule has 1 aliphatic rings. The van der Waals surface area contributed by atoms with E-state index in [0.29, 0.717) is 16.6 Å². The second-order valence-corrected chi connectivity index (χ2v) is 5.56. The van der Waals surface area contributed by atoms with Crippen LogP contribution >= 0.6 is 11.6 Å². The molecule has 1 amide bonds. The number of carbonyl (C=O) groups excluding carboxylic acids is 1. The molecule has 0 saturated carbocycles. The zero-order chi connectivity index (χ0) is 14.7. The van der Waals surface area contributed by atoms with Gasteiger partial charge in [-0.1, -0.05) is 23.7 Å². The topological polar surface area (TPSA) is 54.0 Å². The number of hydrogen-bond acceptors (Lipinski definition) is 3. The van der Waals surface area contributed by atoms with E-state index in [2.05, 4.69) is 27.8 Å². The highest BCUT2D eigenvalue weighted by atomic mass is 35.5. The van der Waals surface area contributed by atoms with Gasteiger partial charge in [-0.05, 0) is 48.7 Å². The van der Waals surface area contributed by atoms with Gasteiger partial charge in [0.2, 0.25) is 0 Å². The minimum Gasteiger partial charge on any atom is -0.321 e. The second-order valence-electron chi connectivity index (χ2n) is 5.13. The van der Waals surface area contributed by atoms with Gasteiger partial charge >= 0.3 is 0 Å². The van der Waals surface area contributed by atoms with E-state index in [0.717, 1.165) is 25.2 Å². The van der Waals surface area contributed by atoms with Crippen molar-refractivity contribution in [3.8, 4) is 0 Å². The van der Waals surface area contributed by atoms with E-state index in [1.807, 2.05) is 12.1 Å². The van der Waals surface area contributed by atoms with E-state index in [-0.39, 0.29) is 5.91 Å². The zero-order valence-corrected chi connectivity index (χ0v) is 12.2. The van der Waals surface area contributed by atoms with E-state index < -0.39 is 0 Å². The summed E-state index contributed by atoms with van der Waals surface area (Å²) in [6.45, 7) is 2.10. The lowest BCUT2D eigenvalue weighted by Crippen LogP contribution is -2.13. The number of nitrogens with zero attached hydrogens (tertiary/aromatic N) is 1. The predicted octanol–water partition coefficient (Wildman–Crippen LogP) is 3.06. The lowest BCUT2D eigenvalue weighted by molar-refractivity contribution is 0.102. The van der Waals surface area contributed by atoms with Gasteiger partial charge < -0.3 is 10.6 Å². The molecule has 0 bridgehead atoms. The lowest BCUT2D eigenvalue weighted by Gasteiger charge is -2.10. The average Bonchev–Trinajstić information content (AvgIpc) is 3.02. The van der Waals surface area contributed by atoms with E-state index in [1.54, 1.807) is 12.1 Å². The van der Waals surface area contributed by atoms with Crippen molar-refractivity contribution in [2.45, 2.75) is 12.3 Å². The summed E-state index contributed by atoms with van der Waals surface area (Å²) in [6.07, 6.45) is 2.69. The second kappa shape index (κ2) is 6.24. The minimum atomic E-state index is -0.257. The molecular weight excluding hydrogens is 286 g/mol. The van der Waals surface area contributed by atoms with Crippen molar-refractivity contribution in [1.82, 2.24) is 10.3 Å². The maximum absolute atomic E-state index is 12.1. The molecule has 4 nitrogen and oxygen atoms in total.